The maximum Gasteiger partial charge on any atom is 0.326 e. The average Bonchev–Trinajstić information content (AvgIpc) is 2.77. The fourth-order valence-electron chi connectivity index (χ4n) is 1.96. The van der Waals surface area contributed by atoms with Crippen LogP contribution in [0.2, 0.25) is 0 Å². The molecule has 5 heteroatoms. The van der Waals surface area contributed by atoms with Gasteiger partial charge in [0.1, 0.15) is 6.04 Å². The Balaban J connectivity index is 2.27. The van der Waals surface area contributed by atoms with Crippen LogP contribution in [0.1, 0.15) is 25.7 Å². The van der Waals surface area contributed by atoms with Crippen LogP contribution in [0, 0.1) is 0 Å². The molecule has 5 nitrogen and oxygen atoms in total. The second-order valence-electron chi connectivity index (χ2n) is 4.05. The molecule has 1 aliphatic heterocycles. The number of hydrogen-bond donors (Lipinski definition) is 1. The second kappa shape index (κ2) is 7.06. The third-order valence-corrected chi connectivity index (χ3v) is 2.77. The summed E-state index contributed by atoms with van der Waals surface area (Å²) in [5.41, 5.74) is 0. The van der Waals surface area contributed by atoms with Gasteiger partial charge < -0.3 is 14.7 Å². The van der Waals surface area contributed by atoms with Crippen LogP contribution < -0.4 is 0 Å². The zero-order valence-corrected chi connectivity index (χ0v) is 9.93. The monoisotopic (exact) mass is 241 g/mol. The summed E-state index contributed by atoms with van der Waals surface area (Å²) < 4.78 is 5.17. The molecule has 1 atom stereocenters. The van der Waals surface area contributed by atoms with Gasteiger partial charge in [-0.1, -0.05) is 6.08 Å². The fourth-order valence-corrected chi connectivity index (χ4v) is 1.96. The number of amides is 1. The van der Waals surface area contributed by atoms with Crippen molar-refractivity contribution >= 4 is 11.9 Å². The number of aliphatic carboxylic acids is 1. The number of likely N-dealkylation sites (tertiary alicyclic amines) is 1. The molecule has 1 amide bonds. The van der Waals surface area contributed by atoms with Crippen molar-refractivity contribution in [2.75, 3.05) is 19.8 Å². The van der Waals surface area contributed by atoms with Gasteiger partial charge >= 0.3 is 5.97 Å². The molecular formula is C12H19NO4. The molecule has 0 saturated carbocycles. The Morgan fingerprint density at radius 2 is 2.29 bits per heavy atom. The highest BCUT2D eigenvalue weighted by Crippen LogP contribution is 2.18. The lowest BCUT2D eigenvalue weighted by molar-refractivity contribution is -0.148. The Kier molecular flexibility index (Phi) is 5.69. The Hall–Kier alpha value is -1.36. The summed E-state index contributed by atoms with van der Waals surface area (Å²) in [6.07, 6.45) is 3.96. The molecule has 0 aromatic carbocycles. The minimum Gasteiger partial charge on any atom is -0.480 e. The van der Waals surface area contributed by atoms with Crippen LogP contribution in [0.5, 0.6) is 0 Å². The molecule has 0 spiro atoms. The molecule has 0 aromatic heterocycles. The van der Waals surface area contributed by atoms with Gasteiger partial charge in [0.05, 0.1) is 6.61 Å². The molecule has 0 unspecified atom stereocenters. The van der Waals surface area contributed by atoms with Gasteiger partial charge in [0, 0.05) is 19.6 Å². The van der Waals surface area contributed by atoms with Gasteiger partial charge in [0.2, 0.25) is 5.91 Å². The van der Waals surface area contributed by atoms with Gasteiger partial charge in [0.25, 0.3) is 0 Å². The van der Waals surface area contributed by atoms with Crippen molar-refractivity contribution in [3.8, 4) is 0 Å². The van der Waals surface area contributed by atoms with E-state index < -0.39 is 12.0 Å². The summed E-state index contributed by atoms with van der Waals surface area (Å²) in [5.74, 6) is -0.990. The van der Waals surface area contributed by atoms with E-state index in [0.29, 0.717) is 39.0 Å². The number of ether oxygens (including phenoxy) is 1. The van der Waals surface area contributed by atoms with E-state index in [0.717, 1.165) is 6.42 Å². The van der Waals surface area contributed by atoms with E-state index in [9.17, 15) is 9.59 Å². The summed E-state index contributed by atoms with van der Waals surface area (Å²) in [7, 11) is 0. The van der Waals surface area contributed by atoms with E-state index in [1.54, 1.807) is 6.08 Å². The number of carbonyl (C=O) groups is 2. The maximum atomic E-state index is 11.8. The van der Waals surface area contributed by atoms with E-state index in [1.807, 2.05) is 0 Å². The number of rotatable bonds is 7. The Morgan fingerprint density at radius 3 is 2.94 bits per heavy atom. The predicted octanol–water partition coefficient (Wildman–Crippen LogP) is 1.04. The SMILES string of the molecule is C=CCOCCCC(=O)N1CCC[C@H]1C(=O)O. The molecule has 1 rings (SSSR count). The van der Waals surface area contributed by atoms with Crippen molar-refractivity contribution in [1.82, 2.24) is 4.90 Å². The zero-order valence-electron chi connectivity index (χ0n) is 9.93. The Labute approximate surface area is 101 Å². The number of nitrogens with zero attached hydrogens (tertiary/aromatic N) is 1. The molecule has 1 heterocycles. The third kappa shape index (κ3) is 4.19. The van der Waals surface area contributed by atoms with E-state index in [-0.39, 0.29) is 5.91 Å². The molecule has 1 fully saturated rings. The number of carboxylic acids is 1. The maximum absolute atomic E-state index is 11.8. The molecule has 0 aliphatic carbocycles. The van der Waals surface area contributed by atoms with Crippen molar-refractivity contribution in [2.24, 2.45) is 0 Å². The quantitative estimate of drug-likeness (QED) is 0.534. The lowest BCUT2D eigenvalue weighted by Gasteiger charge is -2.21. The molecule has 1 saturated heterocycles. The molecule has 1 aliphatic rings. The average molecular weight is 241 g/mol. The van der Waals surface area contributed by atoms with Crippen molar-refractivity contribution < 1.29 is 19.4 Å². The van der Waals surface area contributed by atoms with E-state index >= 15 is 0 Å². The minimum absolute atomic E-state index is 0.0860. The van der Waals surface area contributed by atoms with Crippen LogP contribution in [-0.4, -0.2) is 47.7 Å². The molecule has 0 radical (unpaired) electrons. The van der Waals surface area contributed by atoms with E-state index in [4.69, 9.17) is 9.84 Å². The zero-order chi connectivity index (χ0) is 12.7. The van der Waals surface area contributed by atoms with Crippen molar-refractivity contribution in [2.45, 2.75) is 31.7 Å². The van der Waals surface area contributed by atoms with Crippen LogP contribution in [0.15, 0.2) is 12.7 Å². The van der Waals surface area contributed by atoms with Crippen LogP contribution >= 0.6 is 0 Å². The predicted molar refractivity (Wildman–Crippen MR) is 62.6 cm³/mol. The third-order valence-electron chi connectivity index (χ3n) is 2.77. The minimum atomic E-state index is -0.904. The number of hydrogen-bond acceptors (Lipinski definition) is 3. The number of carboxylic acid groups (broad SMARTS) is 1. The summed E-state index contributed by atoms with van der Waals surface area (Å²) in [4.78, 5) is 24.1. The molecule has 1 N–H and O–H groups in total. The highest BCUT2D eigenvalue weighted by Gasteiger charge is 2.33. The Morgan fingerprint density at radius 1 is 1.53 bits per heavy atom. The van der Waals surface area contributed by atoms with Crippen molar-refractivity contribution in [3.63, 3.8) is 0 Å². The van der Waals surface area contributed by atoms with Crippen molar-refractivity contribution in [3.05, 3.63) is 12.7 Å². The normalized spacial score (nSPS) is 19.3. The smallest absolute Gasteiger partial charge is 0.326 e. The van der Waals surface area contributed by atoms with Crippen LogP contribution in [0.3, 0.4) is 0 Å². The molecular weight excluding hydrogens is 222 g/mol. The van der Waals surface area contributed by atoms with Gasteiger partial charge in [-0.05, 0) is 19.3 Å². The first-order valence-corrected chi connectivity index (χ1v) is 5.87. The van der Waals surface area contributed by atoms with Crippen molar-refractivity contribution in [1.29, 1.82) is 0 Å². The molecule has 0 aromatic rings. The first kappa shape index (κ1) is 13.7. The van der Waals surface area contributed by atoms with Gasteiger partial charge in [-0.25, -0.2) is 4.79 Å². The standard InChI is InChI=1S/C12H19NO4/c1-2-8-17-9-4-6-11(14)13-7-3-5-10(13)12(15)16/h2,10H,1,3-9H2,(H,15,16)/t10-/m0/s1. The van der Waals surface area contributed by atoms with Crippen LogP contribution in [0.25, 0.3) is 0 Å². The van der Waals surface area contributed by atoms with Crippen LogP contribution in [-0.2, 0) is 14.3 Å². The van der Waals surface area contributed by atoms with Gasteiger partial charge in [-0.2, -0.15) is 0 Å². The molecule has 96 valence electrons. The van der Waals surface area contributed by atoms with E-state index in [1.165, 1.54) is 4.90 Å². The summed E-state index contributed by atoms with van der Waals surface area (Å²) in [6, 6.07) is -0.628. The summed E-state index contributed by atoms with van der Waals surface area (Å²) in [6.45, 7) is 5.06. The first-order valence-electron chi connectivity index (χ1n) is 5.87. The summed E-state index contributed by atoms with van der Waals surface area (Å²) >= 11 is 0. The number of carbonyl (C=O) groups excluding carboxylic acids is 1. The van der Waals surface area contributed by atoms with E-state index in [2.05, 4.69) is 6.58 Å². The van der Waals surface area contributed by atoms with Gasteiger partial charge in [-0.15, -0.1) is 6.58 Å². The Bertz CT molecular complexity index is 290. The van der Waals surface area contributed by atoms with Gasteiger partial charge in [-0.3, -0.25) is 4.79 Å². The molecule has 17 heavy (non-hydrogen) atoms. The largest absolute Gasteiger partial charge is 0.480 e. The molecule has 0 bridgehead atoms. The van der Waals surface area contributed by atoms with Crippen LogP contribution in [0.4, 0.5) is 0 Å². The lowest BCUT2D eigenvalue weighted by atomic mass is 10.2. The summed E-state index contributed by atoms with van der Waals surface area (Å²) in [5, 5.41) is 8.94. The topological polar surface area (TPSA) is 66.8 Å². The highest BCUT2D eigenvalue weighted by atomic mass is 16.5. The van der Waals surface area contributed by atoms with Gasteiger partial charge in [0.15, 0.2) is 0 Å². The fraction of sp³-hybridized carbons (Fsp3) is 0.667. The highest BCUT2D eigenvalue weighted by molar-refractivity contribution is 5.84. The first-order chi connectivity index (χ1) is 8.16. The second-order valence-corrected chi connectivity index (χ2v) is 4.05. The lowest BCUT2D eigenvalue weighted by Crippen LogP contribution is -2.40.